The van der Waals surface area contributed by atoms with Gasteiger partial charge in [0.25, 0.3) is 0 Å². The van der Waals surface area contributed by atoms with Gasteiger partial charge in [-0.2, -0.15) is 0 Å². The van der Waals surface area contributed by atoms with Crippen LogP contribution in [0.4, 0.5) is 0 Å². The molecule has 1 aliphatic rings. The number of cyclic esters (lactones) is 1. The number of ether oxygens (including phenoxy) is 1. The molecule has 134 valence electrons. The van der Waals surface area contributed by atoms with Crippen molar-refractivity contribution in [3.63, 3.8) is 0 Å². The summed E-state index contributed by atoms with van der Waals surface area (Å²) in [5, 5.41) is 10.8. The molecule has 0 atom stereocenters. The van der Waals surface area contributed by atoms with Gasteiger partial charge in [0.05, 0.1) is 17.7 Å². The molecule has 7 heteroatoms. The van der Waals surface area contributed by atoms with Gasteiger partial charge in [-0.3, -0.25) is 0 Å². The third-order valence-electron chi connectivity index (χ3n) is 4.72. The van der Waals surface area contributed by atoms with Crippen molar-refractivity contribution in [2.24, 2.45) is 0 Å². The molecule has 6 nitrogen and oxygen atoms in total. The van der Waals surface area contributed by atoms with Crippen LogP contribution in [0.5, 0.6) is 5.88 Å². The molecule has 0 radical (unpaired) electrons. The predicted molar refractivity (Wildman–Crippen MR) is 101 cm³/mol. The lowest BCUT2D eigenvalue weighted by Crippen LogP contribution is -1.92. The van der Waals surface area contributed by atoms with Crippen molar-refractivity contribution in [2.45, 2.75) is 13.0 Å². The van der Waals surface area contributed by atoms with Gasteiger partial charge in [0, 0.05) is 10.9 Å². The van der Waals surface area contributed by atoms with Gasteiger partial charge >= 0.3 is 5.97 Å². The van der Waals surface area contributed by atoms with Gasteiger partial charge < -0.3 is 24.2 Å². The highest BCUT2D eigenvalue weighted by atomic mass is 32.1. The summed E-state index contributed by atoms with van der Waals surface area (Å²) in [6, 6.07) is 13.6. The van der Waals surface area contributed by atoms with Crippen LogP contribution in [0, 0.1) is 4.77 Å². The Morgan fingerprint density at radius 2 is 1.89 bits per heavy atom. The largest absolute Gasteiger partial charge is 0.493 e. The summed E-state index contributed by atoms with van der Waals surface area (Å²) in [6.07, 6.45) is 0.404. The molecule has 0 saturated carbocycles. The fourth-order valence-electron chi connectivity index (χ4n) is 3.39. The van der Waals surface area contributed by atoms with Crippen LogP contribution in [0.3, 0.4) is 0 Å². The first kappa shape index (κ1) is 15.9. The van der Waals surface area contributed by atoms with Crippen molar-refractivity contribution in [2.75, 3.05) is 0 Å². The summed E-state index contributed by atoms with van der Waals surface area (Å²) < 4.78 is 11.3. The van der Waals surface area contributed by atoms with Crippen molar-refractivity contribution in [1.29, 1.82) is 0 Å². The molecule has 0 fully saturated rings. The second kappa shape index (κ2) is 5.85. The monoisotopic (exact) mass is 378 g/mol. The molecule has 0 aliphatic carbocycles. The third kappa shape index (κ3) is 2.72. The molecular formula is C20H14N2O4S. The van der Waals surface area contributed by atoms with E-state index in [0.29, 0.717) is 29.1 Å². The van der Waals surface area contributed by atoms with E-state index in [1.54, 1.807) is 0 Å². The van der Waals surface area contributed by atoms with Gasteiger partial charge in [-0.25, -0.2) is 4.79 Å². The van der Waals surface area contributed by atoms with E-state index in [4.69, 9.17) is 21.4 Å². The van der Waals surface area contributed by atoms with Crippen molar-refractivity contribution in [1.82, 2.24) is 9.97 Å². The van der Waals surface area contributed by atoms with Crippen LogP contribution in [0.25, 0.3) is 22.1 Å². The summed E-state index contributed by atoms with van der Waals surface area (Å²) in [4.78, 5) is 17.2. The van der Waals surface area contributed by atoms with E-state index >= 15 is 0 Å². The lowest BCUT2D eigenvalue weighted by molar-refractivity contribution is 0.0535. The molecule has 2 aromatic carbocycles. The number of aromatic hydroxyl groups is 1. The van der Waals surface area contributed by atoms with E-state index in [2.05, 4.69) is 9.97 Å². The molecule has 27 heavy (non-hydrogen) atoms. The summed E-state index contributed by atoms with van der Waals surface area (Å²) in [6.45, 7) is 0.321. The Balaban J connectivity index is 1.50. The maximum Gasteiger partial charge on any atom is 0.338 e. The third-order valence-corrected chi connectivity index (χ3v) is 4.92. The normalized spacial score (nSPS) is 13.1. The Bertz CT molecular complexity index is 1260. The molecule has 3 heterocycles. The first-order valence-electron chi connectivity index (χ1n) is 8.40. The Kier molecular flexibility index (Phi) is 3.45. The Morgan fingerprint density at radius 3 is 2.70 bits per heavy atom. The van der Waals surface area contributed by atoms with E-state index < -0.39 is 0 Å². The van der Waals surface area contributed by atoms with Crippen molar-refractivity contribution < 1.29 is 19.1 Å². The minimum atomic E-state index is -0.265. The van der Waals surface area contributed by atoms with Gasteiger partial charge in [0.15, 0.2) is 4.77 Å². The number of nitrogens with one attached hydrogen (secondary N) is 2. The lowest BCUT2D eigenvalue weighted by Gasteiger charge is -2.03. The van der Waals surface area contributed by atoms with Crippen LogP contribution >= 0.6 is 12.2 Å². The SMILES string of the molecule is O=C1OCc2cc(-c3ccc4oc(Cc5[nH]c(=S)[nH]c5O)cc4c3)ccc21. The lowest BCUT2D eigenvalue weighted by atomic mass is 9.99. The van der Waals surface area contributed by atoms with Crippen molar-refractivity contribution >= 4 is 29.2 Å². The number of aromatic amines is 2. The van der Waals surface area contributed by atoms with Crippen LogP contribution in [-0.4, -0.2) is 21.0 Å². The fraction of sp³-hybridized carbons (Fsp3) is 0.100. The molecule has 0 spiro atoms. The maximum absolute atomic E-state index is 11.6. The molecule has 5 rings (SSSR count). The first-order valence-corrected chi connectivity index (χ1v) is 8.81. The van der Waals surface area contributed by atoms with Gasteiger partial charge in [0.1, 0.15) is 18.0 Å². The highest BCUT2D eigenvalue weighted by Gasteiger charge is 2.21. The number of rotatable bonds is 3. The van der Waals surface area contributed by atoms with Gasteiger partial charge in [-0.15, -0.1) is 0 Å². The summed E-state index contributed by atoms with van der Waals surface area (Å²) in [7, 11) is 0. The molecule has 0 saturated heterocycles. The molecule has 4 aromatic rings. The number of aromatic nitrogens is 2. The van der Waals surface area contributed by atoms with Crippen LogP contribution < -0.4 is 0 Å². The number of esters is 1. The average Bonchev–Trinajstić information content (AvgIpc) is 3.31. The van der Waals surface area contributed by atoms with Gasteiger partial charge in [-0.1, -0.05) is 12.1 Å². The quantitative estimate of drug-likeness (QED) is 0.362. The topological polar surface area (TPSA) is 91.2 Å². The zero-order chi connectivity index (χ0) is 18.5. The zero-order valence-corrected chi connectivity index (χ0v) is 14.9. The number of hydrogen-bond acceptors (Lipinski definition) is 5. The van der Waals surface area contributed by atoms with Crippen LogP contribution in [0.1, 0.15) is 27.4 Å². The summed E-state index contributed by atoms with van der Waals surface area (Å²) in [5.41, 5.74) is 4.94. The minimum Gasteiger partial charge on any atom is -0.493 e. The van der Waals surface area contributed by atoms with Crippen LogP contribution in [0.15, 0.2) is 46.9 Å². The highest BCUT2D eigenvalue weighted by Crippen LogP contribution is 2.31. The Hall–Kier alpha value is -3.32. The van der Waals surface area contributed by atoms with Crippen molar-refractivity contribution in [3.05, 3.63) is 69.8 Å². The Labute approximate surface area is 158 Å². The number of fused-ring (bicyclic) bond motifs is 2. The zero-order valence-electron chi connectivity index (χ0n) is 14.0. The molecular weight excluding hydrogens is 364 g/mol. The molecule has 0 bridgehead atoms. The average molecular weight is 378 g/mol. The predicted octanol–water partition coefficient (Wildman–Crippen LogP) is 4.45. The van der Waals surface area contributed by atoms with Crippen molar-refractivity contribution in [3.8, 4) is 17.0 Å². The van der Waals surface area contributed by atoms with E-state index in [9.17, 15) is 9.90 Å². The Morgan fingerprint density at radius 1 is 1.07 bits per heavy atom. The highest BCUT2D eigenvalue weighted by molar-refractivity contribution is 7.71. The maximum atomic E-state index is 11.6. The van der Waals surface area contributed by atoms with Crippen LogP contribution in [-0.2, 0) is 17.8 Å². The first-order chi connectivity index (χ1) is 13.1. The molecule has 3 N–H and O–H groups in total. The number of furan rings is 1. The second-order valence-corrected chi connectivity index (χ2v) is 6.90. The number of hydrogen-bond donors (Lipinski definition) is 3. The summed E-state index contributed by atoms with van der Waals surface area (Å²) in [5.74, 6) is 0.477. The standard InChI is InChI=1S/C20H14N2O4S/c23-18-16(21-20(27)22-18)8-14-7-12-5-11(2-4-17(12)26-14)10-1-3-15-13(6-10)9-25-19(15)24/h1-7,23H,8-9H2,(H2,21,22,27). The second-order valence-electron chi connectivity index (χ2n) is 6.50. The molecule has 1 aliphatic heterocycles. The molecule has 2 aromatic heterocycles. The summed E-state index contributed by atoms with van der Waals surface area (Å²) >= 11 is 4.98. The smallest absolute Gasteiger partial charge is 0.338 e. The number of carbonyl (C=O) groups is 1. The van der Waals surface area contributed by atoms with E-state index in [1.807, 2.05) is 42.5 Å². The molecule has 0 unspecified atom stereocenters. The number of imidazole rings is 1. The van der Waals surface area contributed by atoms with Gasteiger partial charge in [-0.05, 0) is 53.7 Å². The minimum absolute atomic E-state index is 0.0241. The molecule has 0 amide bonds. The van der Waals surface area contributed by atoms with Gasteiger partial charge in [0.2, 0.25) is 5.88 Å². The number of H-pyrrole nitrogens is 2. The number of carbonyl (C=O) groups excluding carboxylic acids is 1. The van der Waals surface area contributed by atoms with E-state index in [0.717, 1.165) is 33.4 Å². The van der Waals surface area contributed by atoms with E-state index in [1.165, 1.54) is 0 Å². The fourth-order valence-corrected chi connectivity index (χ4v) is 3.61. The number of benzene rings is 2. The van der Waals surface area contributed by atoms with E-state index in [-0.39, 0.29) is 11.8 Å². The van der Waals surface area contributed by atoms with Crippen LogP contribution in [0.2, 0.25) is 0 Å².